The number of imidazole rings is 1. The van der Waals surface area contributed by atoms with E-state index in [2.05, 4.69) is 15.3 Å². The maximum atomic E-state index is 11.9. The van der Waals surface area contributed by atoms with Crippen molar-refractivity contribution in [1.29, 1.82) is 0 Å². The summed E-state index contributed by atoms with van der Waals surface area (Å²) in [6.07, 6.45) is 7.24. The molecule has 0 saturated carbocycles. The van der Waals surface area contributed by atoms with Gasteiger partial charge in [-0.25, -0.2) is 4.98 Å². The number of hydrogen-bond donors (Lipinski definition) is 1. The second-order valence-electron chi connectivity index (χ2n) is 5.77. The molecule has 106 valence electrons. The zero-order valence-electron chi connectivity index (χ0n) is 12.1. The normalized spacial score (nSPS) is 11.3. The average Bonchev–Trinajstić information content (AvgIpc) is 2.83. The highest BCUT2D eigenvalue weighted by molar-refractivity contribution is 5.81. The highest BCUT2D eigenvalue weighted by atomic mass is 16.2. The summed E-state index contributed by atoms with van der Waals surface area (Å²) < 4.78 is 2.01. The molecule has 0 atom stereocenters. The van der Waals surface area contributed by atoms with Gasteiger partial charge in [0.05, 0.1) is 13.1 Å². The fourth-order valence-corrected chi connectivity index (χ4v) is 1.76. The van der Waals surface area contributed by atoms with Gasteiger partial charge < -0.3 is 9.88 Å². The Kier molecular flexibility index (Phi) is 4.17. The first-order valence-corrected chi connectivity index (χ1v) is 6.64. The van der Waals surface area contributed by atoms with Crippen LogP contribution in [0.4, 0.5) is 0 Å². The van der Waals surface area contributed by atoms with Crippen molar-refractivity contribution in [3.8, 4) is 0 Å². The predicted molar refractivity (Wildman–Crippen MR) is 76.9 cm³/mol. The van der Waals surface area contributed by atoms with Gasteiger partial charge >= 0.3 is 0 Å². The van der Waals surface area contributed by atoms with Gasteiger partial charge in [0.15, 0.2) is 0 Å². The lowest BCUT2D eigenvalue weighted by molar-refractivity contribution is -0.128. The summed E-state index contributed by atoms with van der Waals surface area (Å²) >= 11 is 0. The van der Waals surface area contributed by atoms with E-state index in [1.807, 2.05) is 49.9 Å². The van der Waals surface area contributed by atoms with Gasteiger partial charge in [0.25, 0.3) is 0 Å². The minimum atomic E-state index is -0.388. The van der Waals surface area contributed by atoms with Crippen molar-refractivity contribution in [3.05, 3.63) is 48.3 Å². The number of rotatable bonds is 4. The van der Waals surface area contributed by atoms with Gasteiger partial charge in [0, 0.05) is 30.2 Å². The zero-order valence-corrected chi connectivity index (χ0v) is 12.1. The van der Waals surface area contributed by atoms with Crippen molar-refractivity contribution in [1.82, 2.24) is 19.9 Å². The number of nitrogens with one attached hydrogen (secondary N) is 1. The molecule has 0 spiro atoms. The van der Waals surface area contributed by atoms with Crippen LogP contribution in [0, 0.1) is 5.41 Å². The second kappa shape index (κ2) is 5.86. The summed E-state index contributed by atoms with van der Waals surface area (Å²) in [6, 6.07) is 3.93. The third-order valence-electron chi connectivity index (χ3n) is 2.97. The van der Waals surface area contributed by atoms with Crippen LogP contribution in [-0.2, 0) is 17.9 Å². The Balaban J connectivity index is 2.01. The van der Waals surface area contributed by atoms with Crippen LogP contribution in [0.15, 0.2) is 36.9 Å². The molecule has 20 heavy (non-hydrogen) atoms. The van der Waals surface area contributed by atoms with Gasteiger partial charge in [-0.15, -0.1) is 0 Å². The Bertz CT molecular complexity index is 569. The molecule has 1 N–H and O–H groups in total. The van der Waals surface area contributed by atoms with E-state index >= 15 is 0 Å². The van der Waals surface area contributed by atoms with Crippen LogP contribution in [0.2, 0.25) is 0 Å². The minimum Gasteiger partial charge on any atom is -0.348 e. The van der Waals surface area contributed by atoms with Gasteiger partial charge in [0.1, 0.15) is 5.82 Å². The molecular formula is C15H20N4O. The maximum absolute atomic E-state index is 11.9. The summed E-state index contributed by atoms with van der Waals surface area (Å²) in [7, 11) is 0. The number of nitrogens with zero attached hydrogens (tertiary/aromatic N) is 3. The molecule has 2 aromatic heterocycles. The van der Waals surface area contributed by atoms with Crippen molar-refractivity contribution >= 4 is 5.91 Å². The summed E-state index contributed by atoms with van der Waals surface area (Å²) in [4.78, 5) is 20.3. The predicted octanol–water partition coefficient (Wildman–Crippen LogP) is 1.99. The molecule has 0 aliphatic heterocycles. The summed E-state index contributed by atoms with van der Waals surface area (Å²) in [5.74, 6) is 0.861. The van der Waals surface area contributed by atoms with Gasteiger partial charge in [-0.3, -0.25) is 9.78 Å². The van der Waals surface area contributed by atoms with Gasteiger partial charge in [-0.2, -0.15) is 0 Å². The smallest absolute Gasteiger partial charge is 0.225 e. The Labute approximate surface area is 119 Å². The molecule has 0 fully saturated rings. The van der Waals surface area contributed by atoms with Crippen LogP contribution in [-0.4, -0.2) is 20.4 Å². The van der Waals surface area contributed by atoms with Gasteiger partial charge in [-0.05, 0) is 11.6 Å². The SMILES string of the molecule is CC(C)(C)C(=O)NCc1nccn1Cc1cccnc1. The summed E-state index contributed by atoms with van der Waals surface area (Å²) in [5, 5.41) is 2.91. The van der Waals surface area contributed by atoms with Crippen LogP contribution in [0.3, 0.4) is 0 Å². The molecule has 2 rings (SSSR count). The molecule has 0 unspecified atom stereocenters. The van der Waals surface area contributed by atoms with Crippen molar-refractivity contribution in [3.63, 3.8) is 0 Å². The molecule has 0 radical (unpaired) electrons. The Morgan fingerprint density at radius 2 is 2.15 bits per heavy atom. The molecule has 5 nitrogen and oxygen atoms in total. The van der Waals surface area contributed by atoms with Gasteiger partial charge in [0.2, 0.25) is 5.91 Å². The lowest BCUT2D eigenvalue weighted by atomic mass is 9.96. The van der Waals surface area contributed by atoms with Crippen molar-refractivity contribution < 1.29 is 4.79 Å². The molecule has 5 heteroatoms. The first-order valence-electron chi connectivity index (χ1n) is 6.64. The van der Waals surface area contributed by atoms with Crippen LogP contribution >= 0.6 is 0 Å². The molecule has 0 aliphatic rings. The standard InChI is InChI=1S/C15H20N4O/c1-15(2,3)14(20)18-10-13-17-7-8-19(13)11-12-5-4-6-16-9-12/h4-9H,10-11H2,1-3H3,(H,18,20). The Morgan fingerprint density at radius 1 is 1.35 bits per heavy atom. The van der Waals surface area contributed by atoms with Crippen LogP contribution in [0.5, 0.6) is 0 Å². The zero-order chi connectivity index (χ0) is 14.6. The van der Waals surface area contributed by atoms with Crippen molar-refractivity contribution in [2.45, 2.75) is 33.9 Å². The molecule has 0 aromatic carbocycles. The van der Waals surface area contributed by atoms with Crippen molar-refractivity contribution in [2.75, 3.05) is 0 Å². The molecule has 0 aliphatic carbocycles. The van der Waals surface area contributed by atoms with E-state index in [9.17, 15) is 4.79 Å². The minimum absolute atomic E-state index is 0.0217. The highest BCUT2D eigenvalue weighted by Gasteiger charge is 2.21. The van der Waals surface area contributed by atoms with Crippen LogP contribution in [0.25, 0.3) is 0 Å². The number of carbonyl (C=O) groups is 1. The average molecular weight is 272 g/mol. The molecule has 0 bridgehead atoms. The second-order valence-corrected chi connectivity index (χ2v) is 5.77. The monoisotopic (exact) mass is 272 g/mol. The van der Waals surface area contributed by atoms with E-state index in [0.717, 1.165) is 11.4 Å². The lowest BCUT2D eigenvalue weighted by Gasteiger charge is -2.17. The van der Waals surface area contributed by atoms with E-state index in [-0.39, 0.29) is 11.3 Å². The molecule has 2 aromatic rings. The van der Waals surface area contributed by atoms with E-state index < -0.39 is 0 Å². The molecular weight excluding hydrogens is 252 g/mol. The van der Waals surface area contributed by atoms with E-state index in [1.54, 1.807) is 12.4 Å². The number of hydrogen-bond acceptors (Lipinski definition) is 3. The fourth-order valence-electron chi connectivity index (χ4n) is 1.76. The number of carbonyl (C=O) groups excluding carboxylic acids is 1. The van der Waals surface area contributed by atoms with Gasteiger partial charge in [-0.1, -0.05) is 26.8 Å². The first-order chi connectivity index (χ1) is 9.47. The Hall–Kier alpha value is -2.17. The quantitative estimate of drug-likeness (QED) is 0.926. The molecule has 0 saturated heterocycles. The molecule has 1 amide bonds. The number of pyridine rings is 1. The van der Waals surface area contributed by atoms with E-state index in [4.69, 9.17) is 0 Å². The third kappa shape index (κ3) is 3.66. The molecule has 2 heterocycles. The topological polar surface area (TPSA) is 59.8 Å². The first kappa shape index (κ1) is 14.2. The summed E-state index contributed by atoms with van der Waals surface area (Å²) in [6.45, 7) is 6.82. The Morgan fingerprint density at radius 3 is 2.80 bits per heavy atom. The number of aromatic nitrogens is 3. The third-order valence-corrected chi connectivity index (χ3v) is 2.97. The van der Waals surface area contributed by atoms with Crippen molar-refractivity contribution in [2.24, 2.45) is 5.41 Å². The summed E-state index contributed by atoms with van der Waals surface area (Å²) in [5.41, 5.74) is 0.717. The highest BCUT2D eigenvalue weighted by Crippen LogP contribution is 2.13. The largest absolute Gasteiger partial charge is 0.348 e. The lowest BCUT2D eigenvalue weighted by Crippen LogP contribution is -2.35. The van der Waals surface area contributed by atoms with E-state index in [1.165, 1.54) is 0 Å². The van der Waals surface area contributed by atoms with Crippen LogP contribution in [0.1, 0.15) is 32.2 Å². The maximum Gasteiger partial charge on any atom is 0.225 e. The number of amides is 1. The van der Waals surface area contributed by atoms with Crippen LogP contribution < -0.4 is 5.32 Å². The fraction of sp³-hybridized carbons (Fsp3) is 0.400. The van der Waals surface area contributed by atoms with E-state index in [0.29, 0.717) is 13.1 Å².